The molecule has 0 spiro atoms. The van der Waals surface area contributed by atoms with Crippen LogP contribution in [0.4, 0.5) is 17.1 Å². The van der Waals surface area contributed by atoms with Crippen LogP contribution in [0.1, 0.15) is 16.1 Å². The zero-order chi connectivity index (χ0) is 20.3. The number of anilines is 2. The van der Waals surface area contributed by atoms with Crippen molar-refractivity contribution in [2.75, 3.05) is 30.9 Å². The number of hydrogen-bond donors (Lipinski definition) is 2. The molecule has 2 aromatic heterocycles. The van der Waals surface area contributed by atoms with Crippen LogP contribution in [0.25, 0.3) is 11.0 Å². The third-order valence-corrected chi connectivity index (χ3v) is 4.20. The molecule has 0 aliphatic heterocycles. The summed E-state index contributed by atoms with van der Waals surface area (Å²) in [5.41, 5.74) is 2.31. The molecule has 3 rings (SSSR count). The minimum absolute atomic E-state index is 0.173. The van der Waals surface area contributed by atoms with E-state index < -0.39 is 10.8 Å². The number of aryl methyl sites for hydroxylation is 2. The van der Waals surface area contributed by atoms with E-state index in [1.807, 2.05) is 6.92 Å². The Morgan fingerprint density at radius 3 is 2.86 bits per heavy atom. The van der Waals surface area contributed by atoms with E-state index in [0.29, 0.717) is 30.2 Å². The van der Waals surface area contributed by atoms with Crippen LogP contribution >= 0.6 is 0 Å². The fourth-order valence-corrected chi connectivity index (χ4v) is 2.84. The summed E-state index contributed by atoms with van der Waals surface area (Å²) in [5, 5.41) is 22.1. The van der Waals surface area contributed by atoms with Crippen molar-refractivity contribution in [2.24, 2.45) is 7.05 Å². The van der Waals surface area contributed by atoms with Crippen LogP contribution in [0.5, 0.6) is 0 Å². The largest absolute Gasteiger partial charge is 0.383 e. The van der Waals surface area contributed by atoms with E-state index in [1.165, 1.54) is 24.4 Å². The van der Waals surface area contributed by atoms with E-state index in [2.05, 4.69) is 20.7 Å². The maximum Gasteiger partial charge on any atom is 0.293 e. The van der Waals surface area contributed by atoms with E-state index >= 15 is 0 Å². The highest BCUT2D eigenvalue weighted by Gasteiger charge is 2.18. The molecule has 1 aromatic carbocycles. The van der Waals surface area contributed by atoms with Crippen molar-refractivity contribution in [3.05, 3.63) is 51.8 Å². The Morgan fingerprint density at radius 1 is 1.36 bits per heavy atom. The van der Waals surface area contributed by atoms with Crippen LogP contribution in [0.2, 0.25) is 0 Å². The lowest BCUT2D eigenvalue weighted by Crippen LogP contribution is -2.14. The first-order valence-corrected chi connectivity index (χ1v) is 8.52. The van der Waals surface area contributed by atoms with Crippen molar-refractivity contribution in [1.82, 2.24) is 14.8 Å². The van der Waals surface area contributed by atoms with Gasteiger partial charge in [-0.05, 0) is 25.1 Å². The number of nitro benzene ring substituents is 1. The van der Waals surface area contributed by atoms with Gasteiger partial charge in [0.2, 0.25) is 0 Å². The summed E-state index contributed by atoms with van der Waals surface area (Å²) >= 11 is 0. The SMILES string of the molecule is COCCNc1ccc(C(=O)Nc2cnc3c(c2)c(C)nn3C)cc1[N+](=O)[O-]. The third kappa shape index (κ3) is 3.91. The van der Waals surface area contributed by atoms with Gasteiger partial charge in [-0.2, -0.15) is 5.10 Å². The second-order valence-electron chi connectivity index (χ2n) is 6.17. The number of aromatic nitrogens is 3. The lowest BCUT2D eigenvalue weighted by molar-refractivity contribution is -0.384. The third-order valence-electron chi connectivity index (χ3n) is 4.20. The predicted molar refractivity (Wildman–Crippen MR) is 105 cm³/mol. The minimum Gasteiger partial charge on any atom is -0.383 e. The number of nitro groups is 1. The first kappa shape index (κ1) is 19.2. The van der Waals surface area contributed by atoms with Crippen LogP contribution in [0.15, 0.2) is 30.5 Å². The molecule has 10 nitrogen and oxygen atoms in total. The highest BCUT2D eigenvalue weighted by atomic mass is 16.6. The van der Waals surface area contributed by atoms with Crippen molar-refractivity contribution in [1.29, 1.82) is 0 Å². The zero-order valence-electron chi connectivity index (χ0n) is 15.7. The Labute approximate surface area is 160 Å². The van der Waals surface area contributed by atoms with Gasteiger partial charge in [-0.1, -0.05) is 0 Å². The topological polar surface area (TPSA) is 124 Å². The van der Waals surface area contributed by atoms with Gasteiger partial charge in [-0.15, -0.1) is 0 Å². The highest BCUT2D eigenvalue weighted by molar-refractivity contribution is 6.05. The van der Waals surface area contributed by atoms with E-state index in [4.69, 9.17) is 4.74 Å². The van der Waals surface area contributed by atoms with Crippen LogP contribution in [0, 0.1) is 17.0 Å². The molecule has 0 saturated heterocycles. The van der Waals surface area contributed by atoms with Crippen LogP contribution < -0.4 is 10.6 Å². The van der Waals surface area contributed by atoms with Crippen molar-refractivity contribution in [2.45, 2.75) is 6.92 Å². The smallest absolute Gasteiger partial charge is 0.293 e. The van der Waals surface area contributed by atoms with E-state index in [0.717, 1.165) is 11.1 Å². The van der Waals surface area contributed by atoms with Gasteiger partial charge < -0.3 is 15.4 Å². The Hall–Kier alpha value is -3.53. The molecule has 0 atom stereocenters. The summed E-state index contributed by atoms with van der Waals surface area (Å²) in [4.78, 5) is 27.7. The number of rotatable bonds is 7. The molecule has 10 heteroatoms. The molecule has 2 heterocycles. The number of amides is 1. The number of nitrogens with one attached hydrogen (secondary N) is 2. The molecule has 1 amide bonds. The first-order chi connectivity index (χ1) is 13.4. The number of methoxy groups -OCH3 is 1. The minimum atomic E-state index is -0.529. The predicted octanol–water partition coefficient (Wildman–Crippen LogP) is 2.50. The average Bonchev–Trinajstić information content (AvgIpc) is 2.95. The summed E-state index contributed by atoms with van der Waals surface area (Å²) < 4.78 is 6.59. The number of carbonyl (C=O) groups excluding carboxylic acids is 1. The molecule has 3 aromatic rings. The number of ether oxygens (including phenoxy) is 1. The Kier molecular flexibility index (Phi) is 5.50. The van der Waals surface area contributed by atoms with Gasteiger partial charge in [0.05, 0.1) is 29.1 Å². The second-order valence-corrected chi connectivity index (χ2v) is 6.17. The summed E-state index contributed by atoms with van der Waals surface area (Å²) in [6.45, 7) is 2.68. The molecule has 0 bridgehead atoms. The quantitative estimate of drug-likeness (QED) is 0.364. The summed E-state index contributed by atoms with van der Waals surface area (Å²) in [6.07, 6.45) is 1.52. The average molecular weight is 384 g/mol. The monoisotopic (exact) mass is 384 g/mol. The standard InChI is InChI=1S/C18H20N6O4/c1-11-14-9-13(10-20-17(14)23(2)22-11)21-18(25)12-4-5-15(19-6-7-28-3)16(8-12)24(26)27/h4-5,8-10,19H,6-7H2,1-3H3,(H,21,25). The summed E-state index contributed by atoms with van der Waals surface area (Å²) in [7, 11) is 3.34. The number of nitrogens with zero attached hydrogens (tertiary/aromatic N) is 4. The van der Waals surface area contributed by atoms with E-state index in [-0.39, 0.29) is 11.3 Å². The van der Waals surface area contributed by atoms with Gasteiger partial charge in [0, 0.05) is 37.7 Å². The fourth-order valence-electron chi connectivity index (χ4n) is 2.84. The fraction of sp³-hybridized carbons (Fsp3) is 0.278. The lowest BCUT2D eigenvalue weighted by Gasteiger charge is -2.09. The number of benzene rings is 1. The van der Waals surface area contributed by atoms with Crippen LogP contribution in [-0.4, -0.2) is 45.9 Å². The first-order valence-electron chi connectivity index (χ1n) is 8.52. The molecule has 0 aliphatic carbocycles. The Bertz CT molecular complexity index is 1050. The van der Waals surface area contributed by atoms with Gasteiger partial charge in [0.25, 0.3) is 11.6 Å². The molecule has 0 fully saturated rings. The zero-order valence-corrected chi connectivity index (χ0v) is 15.7. The number of hydrogen-bond acceptors (Lipinski definition) is 7. The summed E-state index contributed by atoms with van der Waals surface area (Å²) in [6, 6.07) is 6.05. The van der Waals surface area contributed by atoms with Gasteiger partial charge in [0.15, 0.2) is 5.65 Å². The van der Waals surface area contributed by atoms with Crippen LogP contribution in [0.3, 0.4) is 0 Å². The normalized spacial score (nSPS) is 10.8. The summed E-state index contributed by atoms with van der Waals surface area (Å²) in [5.74, 6) is -0.464. The maximum atomic E-state index is 12.6. The number of fused-ring (bicyclic) bond motifs is 1. The molecule has 0 radical (unpaired) electrons. The van der Waals surface area contributed by atoms with Crippen LogP contribution in [-0.2, 0) is 11.8 Å². The van der Waals surface area contributed by atoms with Crippen molar-refractivity contribution >= 4 is 34.0 Å². The molecular formula is C18H20N6O4. The Balaban J connectivity index is 1.83. The number of pyridine rings is 1. The van der Waals surface area contributed by atoms with Gasteiger partial charge in [0.1, 0.15) is 5.69 Å². The molecule has 146 valence electrons. The molecule has 2 N–H and O–H groups in total. The Morgan fingerprint density at radius 2 is 2.14 bits per heavy atom. The van der Waals surface area contributed by atoms with Crippen molar-refractivity contribution in [3.8, 4) is 0 Å². The maximum absolute atomic E-state index is 12.6. The van der Waals surface area contributed by atoms with Crippen molar-refractivity contribution < 1.29 is 14.5 Å². The van der Waals surface area contributed by atoms with Gasteiger partial charge in [-0.25, -0.2) is 4.98 Å². The molecule has 28 heavy (non-hydrogen) atoms. The molecule has 0 saturated carbocycles. The lowest BCUT2D eigenvalue weighted by atomic mass is 10.1. The molecule has 0 unspecified atom stereocenters. The van der Waals surface area contributed by atoms with E-state index in [1.54, 1.807) is 24.9 Å². The molecule has 0 aliphatic rings. The van der Waals surface area contributed by atoms with Gasteiger partial charge >= 0.3 is 0 Å². The second kappa shape index (κ2) is 8.01. The molecular weight excluding hydrogens is 364 g/mol. The van der Waals surface area contributed by atoms with Gasteiger partial charge in [-0.3, -0.25) is 19.6 Å². The van der Waals surface area contributed by atoms with E-state index in [9.17, 15) is 14.9 Å². The number of carbonyl (C=O) groups is 1. The highest BCUT2D eigenvalue weighted by Crippen LogP contribution is 2.26. The van der Waals surface area contributed by atoms with Crippen molar-refractivity contribution in [3.63, 3.8) is 0 Å².